The van der Waals surface area contributed by atoms with Crippen LogP contribution >= 0.6 is 0 Å². The quantitative estimate of drug-likeness (QED) is 0.748. The van der Waals surface area contributed by atoms with E-state index in [4.69, 9.17) is 0 Å². The Morgan fingerprint density at radius 3 is 2.56 bits per heavy atom. The number of urea groups is 1. The number of fused-ring (bicyclic) bond motifs is 1. The largest absolute Gasteiger partial charge is 0.333 e. The Morgan fingerprint density at radius 1 is 1.00 bits per heavy atom. The van der Waals surface area contributed by atoms with E-state index < -0.39 is 0 Å². The molecule has 126 valence electrons. The average molecular weight is 330 g/mol. The van der Waals surface area contributed by atoms with Crippen molar-refractivity contribution in [3.8, 4) is 0 Å². The standard InChI is InChI=1S/C22H22N2O/c1-16(17-8-3-2-4-9-17)21-15-24(22(25)23-21)14-19-12-7-11-18-10-5-6-13-20(18)19/h2-13,16,21H,14-15H2,1H3,(H,23,25)/t16-,21?/m0/s1. The highest BCUT2D eigenvalue weighted by Crippen LogP contribution is 2.25. The highest BCUT2D eigenvalue weighted by atomic mass is 16.2. The third-order valence-electron chi connectivity index (χ3n) is 5.18. The van der Waals surface area contributed by atoms with Gasteiger partial charge in [-0.05, 0) is 21.9 Å². The van der Waals surface area contributed by atoms with Crippen molar-refractivity contribution in [2.45, 2.75) is 25.4 Å². The summed E-state index contributed by atoms with van der Waals surface area (Å²) in [7, 11) is 0. The van der Waals surface area contributed by atoms with Crippen LogP contribution in [0.4, 0.5) is 4.79 Å². The Kier molecular flexibility index (Phi) is 4.14. The third-order valence-corrected chi connectivity index (χ3v) is 5.18. The van der Waals surface area contributed by atoms with Crippen molar-refractivity contribution in [2.24, 2.45) is 0 Å². The number of benzene rings is 3. The molecule has 4 rings (SSSR count). The van der Waals surface area contributed by atoms with Crippen LogP contribution in [-0.4, -0.2) is 23.5 Å². The minimum absolute atomic E-state index is 0.0284. The first-order chi connectivity index (χ1) is 12.2. The SMILES string of the molecule is C[C@@H](c1ccccc1)C1CN(Cc2cccc3ccccc23)C(=O)N1. The highest BCUT2D eigenvalue weighted by molar-refractivity contribution is 5.86. The second-order valence-electron chi connectivity index (χ2n) is 6.77. The molecule has 0 saturated carbocycles. The molecule has 2 amide bonds. The molecular weight excluding hydrogens is 308 g/mol. The second-order valence-corrected chi connectivity index (χ2v) is 6.77. The Labute approximate surface area is 148 Å². The van der Waals surface area contributed by atoms with Crippen molar-refractivity contribution in [3.63, 3.8) is 0 Å². The number of nitrogens with zero attached hydrogens (tertiary/aromatic N) is 1. The normalized spacial score (nSPS) is 18.4. The molecule has 1 N–H and O–H groups in total. The lowest BCUT2D eigenvalue weighted by molar-refractivity contribution is 0.215. The number of carbonyl (C=O) groups is 1. The minimum atomic E-state index is 0.0284. The zero-order valence-electron chi connectivity index (χ0n) is 14.4. The van der Waals surface area contributed by atoms with Crippen molar-refractivity contribution >= 4 is 16.8 Å². The first-order valence-corrected chi connectivity index (χ1v) is 8.79. The van der Waals surface area contributed by atoms with Crippen LogP contribution in [0.5, 0.6) is 0 Å². The van der Waals surface area contributed by atoms with Crippen molar-refractivity contribution in [1.82, 2.24) is 10.2 Å². The highest BCUT2D eigenvalue weighted by Gasteiger charge is 2.32. The van der Waals surface area contributed by atoms with E-state index in [0.717, 1.165) is 6.54 Å². The Bertz CT molecular complexity index is 885. The fourth-order valence-corrected chi connectivity index (χ4v) is 3.66. The molecule has 1 saturated heterocycles. The Balaban J connectivity index is 1.53. The molecule has 1 fully saturated rings. The fraction of sp³-hybridized carbons (Fsp3) is 0.227. The van der Waals surface area contributed by atoms with Crippen molar-refractivity contribution in [3.05, 3.63) is 83.9 Å². The second kappa shape index (κ2) is 6.60. The summed E-state index contributed by atoms with van der Waals surface area (Å²) in [4.78, 5) is 14.4. The minimum Gasteiger partial charge on any atom is -0.333 e. The predicted octanol–water partition coefficient (Wildman–Crippen LogP) is 4.54. The van der Waals surface area contributed by atoms with Gasteiger partial charge in [0.05, 0.1) is 6.04 Å². The summed E-state index contributed by atoms with van der Waals surface area (Å²) >= 11 is 0. The first kappa shape index (κ1) is 15.7. The van der Waals surface area contributed by atoms with E-state index >= 15 is 0 Å². The topological polar surface area (TPSA) is 32.3 Å². The van der Waals surface area contributed by atoms with E-state index in [0.29, 0.717) is 12.5 Å². The van der Waals surface area contributed by atoms with Crippen molar-refractivity contribution in [2.75, 3.05) is 6.54 Å². The maximum absolute atomic E-state index is 12.5. The number of carbonyl (C=O) groups excluding carboxylic acids is 1. The predicted molar refractivity (Wildman–Crippen MR) is 102 cm³/mol. The third kappa shape index (κ3) is 3.10. The lowest BCUT2D eigenvalue weighted by Gasteiger charge is -2.20. The molecule has 2 atom stereocenters. The summed E-state index contributed by atoms with van der Waals surface area (Å²) in [6.07, 6.45) is 0. The van der Waals surface area contributed by atoms with Crippen LogP contribution in [0.15, 0.2) is 72.8 Å². The number of hydrogen-bond donors (Lipinski definition) is 1. The molecule has 1 heterocycles. The summed E-state index contributed by atoms with van der Waals surface area (Å²) < 4.78 is 0. The van der Waals surface area contributed by atoms with E-state index in [2.05, 4.69) is 72.9 Å². The van der Waals surface area contributed by atoms with E-state index in [1.165, 1.54) is 21.9 Å². The number of rotatable bonds is 4. The van der Waals surface area contributed by atoms with E-state index in [1.54, 1.807) is 0 Å². The molecule has 1 aliphatic rings. The Morgan fingerprint density at radius 2 is 1.72 bits per heavy atom. The maximum Gasteiger partial charge on any atom is 0.318 e. The van der Waals surface area contributed by atoms with Crippen molar-refractivity contribution < 1.29 is 4.79 Å². The van der Waals surface area contributed by atoms with Gasteiger partial charge in [0.15, 0.2) is 0 Å². The molecule has 25 heavy (non-hydrogen) atoms. The van der Waals surface area contributed by atoms with Crippen LogP contribution in [0.3, 0.4) is 0 Å². The van der Waals surface area contributed by atoms with Crippen LogP contribution in [0.25, 0.3) is 10.8 Å². The summed E-state index contributed by atoms with van der Waals surface area (Å²) in [5.41, 5.74) is 2.46. The van der Waals surface area contributed by atoms with Gasteiger partial charge < -0.3 is 10.2 Å². The summed E-state index contributed by atoms with van der Waals surface area (Å²) in [5.74, 6) is 0.294. The van der Waals surface area contributed by atoms with Gasteiger partial charge >= 0.3 is 6.03 Å². The maximum atomic E-state index is 12.5. The molecule has 0 aromatic heterocycles. The molecule has 0 radical (unpaired) electrons. The van der Waals surface area contributed by atoms with E-state index in [9.17, 15) is 4.79 Å². The average Bonchev–Trinajstić information content (AvgIpc) is 3.03. The smallest absolute Gasteiger partial charge is 0.318 e. The molecule has 3 aromatic carbocycles. The molecule has 0 spiro atoms. The molecule has 3 heteroatoms. The Hall–Kier alpha value is -2.81. The van der Waals surface area contributed by atoms with E-state index in [-0.39, 0.29) is 12.1 Å². The van der Waals surface area contributed by atoms with Gasteiger partial charge in [0, 0.05) is 19.0 Å². The van der Waals surface area contributed by atoms with Crippen LogP contribution in [0.1, 0.15) is 24.0 Å². The number of hydrogen-bond acceptors (Lipinski definition) is 1. The van der Waals surface area contributed by atoms with Crippen LogP contribution in [0, 0.1) is 0 Å². The summed E-state index contributed by atoms with van der Waals surface area (Å²) in [5, 5.41) is 5.59. The zero-order valence-corrected chi connectivity index (χ0v) is 14.4. The van der Waals surface area contributed by atoms with Gasteiger partial charge in [-0.2, -0.15) is 0 Å². The lowest BCUT2D eigenvalue weighted by atomic mass is 9.94. The van der Waals surface area contributed by atoms with Crippen molar-refractivity contribution in [1.29, 1.82) is 0 Å². The monoisotopic (exact) mass is 330 g/mol. The van der Waals surface area contributed by atoms with Crippen LogP contribution in [-0.2, 0) is 6.54 Å². The molecule has 3 aromatic rings. The molecule has 3 nitrogen and oxygen atoms in total. The lowest BCUT2D eigenvalue weighted by Crippen LogP contribution is -2.31. The van der Waals surface area contributed by atoms with Gasteiger partial charge in [0.1, 0.15) is 0 Å². The summed E-state index contributed by atoms with van der Waals surface area (Å²) in [6.45, 7) is 3.56. The van der Waals surface area contributed by atoms with E-state index in [1.807, 2.05) is 17.0 Å². The van der Waals surface area contributed by atoms with Gasteiger partial charge in [-0.3, -0.25) is 0 Å². The number of amides is 2. The molecule has 0 aliphatic carbocycles. The van der Waals surface area contributed by atoms with Gasteiger partial charge in [0.2, 0.25) is 0 Å². The van der Waals surface area contributed by atoms with Crippen LogP contribution in [0.2, 0.25) is 0 Å². The molecule has 0 bridgehead atoms. The fourth-order valence-electron chi connectivity index (χ4n) is 3.66. The first-order valence-electron chi connectivity index (χ1n) is 8.79. The molecular formula is C22H22N2O. The molecule has 1 unspecified atom stereocenters. The number of nitrogens with one attached hydrogen (secondary N) is 1. The molecule has 1 aliphatic heterocycles. The van der Waals surface area contributed by atoms with Gasteiger partial charge in [-0.1, -0.05) is 79.7 Å². The van der Waals surface area contributed by atoms with Crippen LogP contribution < -0.4 is 5.32 Å². The van der Waals surface area contributed by atoms with Gasteiger partial charge in [-0.25, -0.2) is 4.79 Å². The van der Waals surface area contributed by atoms with Gasteiger partial charge in [-0.15, -0.1) is 0 Å². The zero-order chi connectivity index (χ0) is 17.2. The summed E-state index contributed by atoms with van der Waals surface area (Å²) in [6, 6.07) is 25.2. The van der Waals surface area contributed by atoms with Gasteiger partial charge in [0.25, 0.3) is 0 Å².